The number of carbonyl (C=O) groups excluding carboxylic acids is 1. The van der Waals surface area contributed by atoms with Gasteiger partial charge in [0.05, 0.1) is 21.3 Å². The van der Waals surface area contributed by atoms with Crippen molar-refractivity contribution in [3.63, 3.8) is 0 Å². The van der Waals surface area contributed by atoms with Gasteiger partial charge in [-0.1, -0.05) is 18.2 Å². The Bertz CT molecular complexity index is 968. The van der Waals surface area contributed by atoms with Crippen molar-refractivity contribution in [3.8, 4) is 23.0 Å². The maximum absolute atomic E-state index is 12.8. The third-order valence-electron chi connectivity index (χ3n) is 3.95. The highest BCUT2D eigenvalue weighted by atomic mass is 16.5. The van der Waals surface area contributed by atoms with E-state index in [0.717, 1.165) is 11.1 Å². The van der Waals surface area contributed by atoms with E-state index in [4.69, 9.17) is 18.9 Å². The van der Waals surface area contributed by atoms with Crippen molar-refractivity contribution in [1.29, 1.82) is 0 Å². The van der Waals surface area contributed by atoms with E-state index in [1.807, 2.05) is 31.2 Å². The van der Waals surface area contributed by atoms with Crippen LogP contribution in [0.15, 0.2) is 42.5 Å². The third-order valence-corrected chi connectivity index (χ3v) is 3.95. The van der Waals surface area contributed by atoms with Gasteiger partial charge < -0.3 is 18.9 Å². The Labute approximate surface area is 151 Å². The zero-order valence-corrected chi connectivity index (χ0v) is 15.0. The molecule has 0 bridgehead atoms. The molecule has 0 aliphatic rings. The zero-order chi connectivity index (χ0) is 18.7. The van der Waals surface area contributed by atoms with E-state index in [1.54, 1.807) is 18.2 Å². The zero-order valence-electron chi connectivity index (χ0n) is 15.0. The summed E-state index contributed by atoms with van der Waals surface area (Å²) in [6, 6.07) is 12.5. The summed E-state index contributed by atoms with van der Waals surface area (Å²) in [6.07, 6.45) is 0. The first kappa shape index (κ1) is 17.5. The van der Waals surface area contributed by atoms with Gasteiger partial charge in [0, 0.05) is 11.1 Å². The van der Waals surface area contributed by atoms with Crippen LogP contribution in [0.2, 0.25) is 0 Å². The number of hydrogen-bond donors (Lipinski definition) is 0. The SMILES string of the molecule is COc1ccc(C(=O)Oc2cccc3ccc(C)nc23)c(OC)c1OC. The van der Waals surface area contributed by atoms with Crippen LogP contribution in [0.4, 0.5) is 0 Å². The Balaban J connectivity index is 2.03. The van der Waals surface area contributed by atoms with E-state index < -0.39 is 5.97 Å². The number of esters is 1. The number of nitrogens with zero attached hydrogens (tertiary/aromatic N) is 1. The molecule has 1 aromatic heterocycles. The number of aromatic nitrogens is 1. The number of para-hydroxylation sites is 1. The van der Waals surface area contributed by atoms with E-state index in [9.17, 15) is 4.79 Å². The van der Waals surface area contributed by atoms with Crippen LogP contribution in [0, 0.1) is 6.92 Å². The Hall–Kier alpha value is -3.28. The van der Waals surface area contributed by atoms with Gasteiger partial charge >= 0.3 is 5.97 Å². The molecule has 6 heteroatoms. The molecule has 0 unspecified atom stereocenters. The molecule has 0 N–H and O–H groups in total. The van der Waals surface area contributed by atoms with Crippen LogP contribution in [0.1, 0.15) is 16.1 Å². The quantitative estimate of drug-likeness (QED) is 0.514. The van der Waals surface area contributed by atoms with Crippen LogP contribution < -0.4 is 18.9 Å². The van der Waals surface area contributed by atoms with Crippen molar-refractivity contribution < 1.29 is 23.7 Å². The molecule has 134 valence electrons. The van der Waals surface area contributed by atoms with Crippen LogP contribution in [0.5, 0.6) is 23.0 Å². The smallest absolute Gasteiger partial charge is 0.347 e. The summed E-state index contributed by atoms with van der Waals surface area (Å²) in [5.74, 6) is 0.854. The molecule has 0 fully saturated rings. The number of benzene rings is 2. The Morgan fingerprint density at radius 1 is 0.846 bits per heavy atom. The highest BCUT2D eigenvalue weighted by Crippen LogP contribution is 2.40. The molecule has 3 rings (SSSR count). The van der Waals surface area contributed by atoms with Crippen LogP contribution in [-0.4, -0.2) is 32.3 Å². The summed E-state index contributed by atoms with van der Waals surface area (Å²) in [4.78, 5) is 17.2. The number of hydrogen-bond acceptors (Lipinski definition) is 6. The van der Waals surface area contributed by atoms with Gasteiger partial charge in [-0.2, -0.15) is 0 Å². The van der Waals surface area contributed by atoms with E-state index in [2.05, 4.69) is 4.98 Å². The molecule has 0 aliphatic carbocycles. The number of pyridine rings is 1. The monoisotopic (exact) mass is 353 g/mol. The first-order chi connectivity index (χ1) is 12.6. The second-order valence-corrected chi connectivity index (χ2v) is 5.55. The van der Waals surface area contributed by atoms with Gasteiger partial charge in [0.25, 0.3) is 0 Å². The lowest BCUT2D eigenvalue weighted by Crippen LogP contribution is -2.11. The molecule has 0 aliphatic heterocycles. The third kappa shape index (κ3) is 3.13. The van der Waals surface area contributed by atoms with E-state index in [-0.39, 0.29) is 11.3 Å². The number of carbonyl (C=O) groups is 1. The second-order valence-electron chi connectivity index (χ2n) is 5.55. The Kier molecular flexibility index (Phi) is 4.93. The number of ether oxygens (including phenoxy) is 4. The standard InChI is InChI=1S/C20H19NO5/c1-12-8-9-13-6-5-7-15(17(13)21-12)26-20(22)14-10-11-16(23-2)19(25-4)18(14)24-3/h5-11H,1-4H3. The lowest BCUT2D eigenvalue weighted by atomic mass is 10.1. The molecule has 0 saturated heterocycles. The van der Waals surface area contributed by atoms with Crippen molar-refractivity contribution in [2.75, 3.05) is 21.3 Å². The van der Waals surface area contributed by atoms with E-state index in [0.29, 0.717) is 22.8 Å². The molecule has 0 amide bonds. The average molecular weight is 353 g/mol. The number of fused-ring (bicyclic) bond motifs is 1. The summed E-state index contributed by atoms with van der Waals surface area (Å²) >= 11 is 0. The molecule has 6 nitrogen and oxygen atoms in total. The van der Waals surface area contributed by atoms with Gasteiger partial charge in [-0.25, -0.2) is 9.78 Å². The summed E-state index contributed by atoms with van der Waals surface area (Å²) < 4.78 is 21.5. The molecule has 2 aromatic carbocycles. The predicted octanol–water partition coefficient (Wildman–Crippen LogP) is 3.79. The van der Waals surface area contributed by atoms with Gasteiger partial charge in [-0.15, -0.1) is 0 Å². The van der Waals surface area contributed by atoms with E-state index in [1.165, 1.54) is 21.3 Å². The minimum Gasteiger partial charge on any atom is -0.493 e. The fourth-order valence-electron chi connectivity index (χ4n) is 2.72. The average Bonchev–Trinajstić information content (AvgIpc) is 2.66. The van der Waals surface area contributed by atoms with Crippen LogP contribution in [-0.2, 0) is 0 Å². The molecule has 1 heterocycles. The largest absolute Gasteiger partial charge is 0.493 e. The fourth-order valence-corrected chi connectivity index (χ4v) is 2.72. The number of methoxy groups -OCH3 is 3. The summed E-state index contributed by atoms with van der Waals surface area (Å²) in [6.45, 7) is 1.88. The van der Waals surface area contributed by atoms with Crippen LogP contribution in [0.3, 0.4) is 0 Å². The molecule has 0 spiro atoms. The summed E-state index contributed by atoms with van der Waals surface area (Å²) in [5.41, 5.74) is 1.69. The van der Waals surface area contributed by atoms with Gasteiger partial charge in [-0.3, -0.25) is 0 Å². The van der Waals surface area contributed by atoms with Gasteiger partial charge in [0.2, 0.25) is 5.75 Å². The molecular formula is C20H19NO5. The topological polar surface area (TPSA) is 66.9 Å². The number of aryl methyl sites for hydroxylation is 1. The van der Waals surface area contributed by atoms with Crippen molar-refractivity contribution in [3.05, 3.63) is 53.7 Å². The van der Waals surface area contributed by atoms with Gasteiger partial charge in [0.1, 0.15) is 11.1 Å². The normalized spacial score (nSPS) is 10.5. The highest BCUT2D eigenvalue weighted by Gasteiger charge is 2.22. The van der Waals surface area contributed by atoms with Crippen molar-refractivity contribution in [2.45, 2.75) is 6.92 Å². The summed E-state index contributed by atoms with van der Waals surface area (Å²) in [5, 5.41) is 0.889. The van der Waals surface area contributed by atoms with E-state index >= 15 is 0 Å². The second kappa shape index (κ2) is 7.31. The lowest BCUT2D eigenvalue weighted by molar-refractivity contribution is 0.0732. The molecule has 0 saturated carbocycles. The molecule has 26 heavy (non-hydrogen) atoms. The van der Waals surface area contributed by atoms with Gasteiger partial charge in [-0.05, 0) is 31.2 Å². The van der Waals surface area contributed by atoms with Crippen LogP contribution in [0.25, 0.3) is 10.9 Å². The fraction of sp³-hybridized carbons (Fsp3) is 0.200. The molecule has 3 aromatic rings. The Morgan fingerprint density at radius 3 is 2.31 bits per heavy atom. The lowest BCUT2D eigenvalue weighted by Gasteiger charge is -2.15. The minimum atomic E-state index is -0.571. The van der Waals surface area contributed by atoms with Crippen molar-refractivity contribution >= 4 is 16.9 Å². The number of rotatable bonds is 5. The van der Waals surface area contributed by atoms with Crippen molar-refractivity contribution in [1.82, 2.24) is 4.98 Å². The summed E-state index contributed by atoms with van der Waals surface area (Å²) in [7, 11) is 4.45. The molecular weight excluding hydrogens is 334 g/mol. The Morgan fingerprint density at radius 2 is 1.62 bits per heavy atom. The predicted molar refractivity (Wildman–Crippen MR) is 97.5 cm³/mol. The van der Waals surface area contributed by atoms with Crippen LogP contribution >= 0.6 is 0 Å². The first-order valence-corrected chi connectivity index (χ1v) is 7.96. The molecule has 0 atom stereocenters. The highest BCUT2D eigenvalue weighted by molar-refractivity contribution is 5.97. The maximum Gasteiger partial charge on any atom is 0.347 e. The first-order valence-electron chi connectivity index (χ1n) is 7.96. The van der Waals surface area contributed by atoms with Crippen molar-refractivity contribution in [2.24, 2.45) is 0 Å². The minimum absolute atomic E-state index is 0.231. The maximum atomic E-state index is 12.8. The molecule has 0 radical (unpaired) electrons. The van der Waals surface area contributed by atoms with Gasteiger partial charge in [0.15, 0.2) is 17.2 Å².